The number of ether oxygens (including phenoxy) is 4. The second-order valence-electron chi connectivity index (χ2n) is 10.1. The molecule has 0 unspecified atom stereocenters. The molecule has 0 amide bonds. The number of allylic oxidation sites excluding steroid dienone is 2. The molecule has 5 atom stereocenters. The van der Waals surface area contributed by atoms with Crippen molar-refractivity contribution in [2.24, 2.45) is 28.6 Å². The van der Waals surface area contributed by atoms with Gasteiger partial charge in [0.25, 0.3) is 0 Å². The molecule has 6 aliphatic rings. The molecule has 154 valence electrons. The predicted molar refractivity (Wildman–Crippen MR) is 101 cm³/mol. The number of hydrogen-bond donors (Lipinski definition) is 0. The van der Waals surface area contributed by atoms with E-state index >= 15 is 0 Å². The smallest absolute Gasteiger partial charge is 0.179 e. The lowest BCUT2D eigenvalue weighted by atomic mass is 9.47. The van der Waals surface area contributed by atoms with E-state index in [-0.39, 0.29) is 29.0 Å². The minimum atomic E-state index is -0.641. The Labute approximate surface area is 167 Å². The normalized spacial score (nSPS) is 53.0. The van der Waals surface area contributed by atoms with Gasteiger partial charge in [0.15, 0.2) is 17.9 Å². The van der Waals surface area contributed by atoms with Crippen molar-refractivity contribution in [2.45, 2.75) is 70.4 Å². The van der Waals surface area contributed by atoms with Crippen LogP contribution in [-0.2, 0) is 23.7 Å². The number of carbonyl (C=O) groups excluding carboxylic acids is 1. The van der Waals surface area contributed by atoms with Gasteiger partial charge in [0.05, 0.1) is 31.8 Å². The van der Waals surface area contributed by atoms with Crippen molar-refractivity contribution in [1.82, 2.24) is 0 Å². The largest absolute Gasteiger partial charge is 0.349 e. The molecule has 5 heteroatoms. The van der Waals surface area contributed by atoms with Crippen LogP contribution in [-0.4, -0.2) is 44.3 Å². The Hall–Kier alpha value is -0.750. The molecule has 4 aliphatic carbocycles. The fraction of sp³-hybridized carbons (Fsp3) is 0.870. The average Bonchev–Trinajstić information content (AvgIpc) is 2.86. The Morgan fingerprint density at radius 2 is 1.68 bits per heavy atom. The van der Waals surface area contributed by atoms with Crippen LogP contribution >= 0.6 is 0 Å². The molecule has 0 aromatic carbocycles. The van der Waals surface area contributed by atoms with Crippen LogP contribution in [0, 0.1) is 28.6 Å². The summed E-state index contributed by atoms with van der Waals surface area (Å²) in [5.41, 5.74) is 1.26. The van der Waals surface area contributed by atoms with Crippen molar-refractivity contribution in [3.63, 3.8) is 0 Å². The summed E-state index contributed by atoms with van der Waals surface area (Å²) in [7, 11) is 0. The van der Waals surface area contributed by atoms with Crippen LogP contribution < -0.4 is 0 Å². The first-order chi connectivity index (χ1) is 13.6. The maximum Gasteiger partial charge on any atom is 0.179 e. The van der Waals surface area contributed by atoms with Crippen molar-refractivity contribution in [3.8, 4) is 0 Å². The Balaban J connectivity index is 1.47. The number of carbonyl (C=O) groups is 1. The Bertz CT molecular complexity index is 704. The van der Waals surface area contributed by atoms with Crippen LogP contribution in [0.5, 0.6) is 0 Å². The van der Waals surface area contributed by atoms with Crippen molar-refractivity contribution in [3.05, 3.63) is 11.6 Å². The molecule has 5 fully saturated rings. The fourth-order valence-electron chi connectivity index (χ4n) is 8.14. The molecule has 0 radical (unpaired) electrons. The van der Waals surface area contributed by atoms with Crippen LogP contribution in [0.4, 0.5) is 0 Å². The van der Waals surface area contributed by atoms with Crippen LogP contribution in [0.2, 0.25) is 0 Å². The lowest BCUT2D eigenvalue weighted by Gasteiger charge is -2.59. The third kappa shape index (κ3) is 2.09. The standard InChI is InChI=1S/C23H32O5/c1-21-7-3-2-4-15(21)14-18(24)19-16(21)5-8-22-17(19)6-9-23(22)27-12-10-25-20(22)26-11-13-28-23/h14,16-17,19-20H,2-13H2,1H3/t16-,17-,19+,20?,21-,22-,23?/m0/s1. The van der Waals surface area contributed by atoms with Crippen molar-refractivity contribution in [2.75, 3.05) is 26.4 Å². The van der Waals surface area contributed by atoms with Crippen LogP contribution in [0.1, 0.15) is 58.3 Å². The quantitative estimate of drug-likeness (QED) is 0.634. The Morgan fingerprint density at radius 3 is 2.46 bits per heavy atom. The molecule has 3 saturated carbocycles. The number of fused-ring (bicyclic) bond motifs is 4. The van der Waals surface area contributed by atoms with Gasteiger partial charge < -0.3 is 18.9 Å². The van der Waals surface area contributed by atoms with E-state index in [4.69, 9.17) is 18.9 Å². The van der Waals surface area contributed by atoms with Gasteiger partial charge in [0, 0.05) is 12.3 Å². The molecule has 2 heterocycles. The van der Waals surface area contributed by atoms with E-state index in [9.17, 15) is 4.79 Å². The summed E-state index contributed by atoms with van der Waals surface area (Å²) in [6, 6.07) is 0. The zero-order chi connectivity index (χ0) is 19.0. The highest BCUT2D eigenvalue weighted by atomic mass is 16.8. The zero-order valence-corrected chi connectivity index (χ0v) is 16.9. The van der Waals surface area contributed by atoms with Gasteiger partial charge in [0.2, 0.25) is 0 Å². The fourth-order valence-corrected chi connectivity index (χ4v) is 8.14. The minimum Gasteiger partial charge on any atom is -0.349 e. The van der Waals surface area contributed by atoms with Crippen LogP contribution in [0.3, 0.4) is 0 Å². The maximum absolute atomic E-state index is 13.5. The van der Waals surface area contributed by atoms with Gasteiger partial charge in [-0.1, -0.05) is 18.9 Å². The van der Waals surface area contributed by atoms with Gasteiger partial charge in [-0.05, 0) is 61.9 Å². The summed E-state index contributed by atoms with van der Waals surface area (Å²) in [6.45, 7) is 4.59. The molecule has 1 spiro atoms. The topological polar surface area (TPSA) is 54.0 Å². The Kier molecular flexibility index (Phi) is 3.95. The highest BCUT2D eigenvalue weighted by molar-refractivity contribution is 5.94. The SMILES string of the molecule is C[C@]12CCCCC1=CC(=O)[C@@H]1[C@@H]2CC[C@]23C4OCCOC2(CC[C@@H]13)OCCO4. The van der Waals surface area contributed by atoms with E-state index in [1.165, 1.54) is 24.8 Å². The van der Waals surface area contributed by atoms with Crippen LogP contribution in [0.25, 0.3) is 0 Å². The molecular weight excluding hydrogens is 356 g/mol. The average molecular weight is 389 g/mol. The molecule has 0 aromatic rings. The van der Waals surface area contributed by atoms with Gasteiger partial charge in [-0.3, -0.25) is 4.79 Å². The van der Waals surface area contributed by atoms with Gasteiger partial charge in [-0.25, -0.2) is 0 Å². The second kappa shape index (κ2) is 6.13. The maximum atomic E-state index is 13.5. The molecule has 0 N–H and O–H groups in total. The molecule has 2 aliphatic heterocycles. The van der Waals surface area contributed by atoms with E-state index in [0.29, 0.717) is 38.1 Å². The van der Waals surface area contributed by atoms with Crippen molar-refractivity contribution < 1.29 is 23.7 Å². The first-order valence-corrected chi connectivity index (χ1v) is 11.4. The van der Waals surface area contributed by atoms with Gasteiger partial charge in [-0.2, -0.15) is 0 Å². The van der Waals surface area contributed by atoms with Gasteiger partial charge in [-0.15, -0.1) is 0 Å². The number of ketones is 1. The highest BCUT2D eigenvalue weighted by Gasteiger charge is 2.73. The second-order valence-corrected chi connectivity index (χ2v) is 10.1. The zero-order valence-electron chi connectivity index (χ0n) is 16.9. The monoisotopic (exact) mass is 388 g/mol. The summed E-state index contributed by atoms with van der Waals surface area (Å²) in [6.07, 6.45) is 10.4. The molecular formula is C23H32O5. The van der Waals surface area contributed by atoms with Crippen LogP contribution in [0.15, 0.2) is 11.6 Å². The molecule has 28 heavy (non-hydrogen) atoms. The first-order valence-electron chi connectivity index (χ1n) is 11.4. The molecule has 2 bridgehead atoms. The van der Waals surface area contributed by atoms with E-state index in [1.54, 1.807) is 0 Å². The third-order valence-electron chi connectivity index (χ3n) is 9.28. The molecule has 6 rings (SSSR count). The minimum absolute atomic E-state index is 0.0561. The Morgan fingerprint density at radius 1 is 0.929 bits per heavy atom. The highest BCUT2D eigenvalue weighted by Crippen LogP contribution is 2.69. The van der Waals surface area contributed by atoms with Crippen molar-refractivity contribution >= 4 is 5.78 Å². The molecule has 5 nitrogen and oxygen atoms in total. The predicted octanol–water partition coefficient (Wildman–Crippen LogP) is 3.61. The van der Waals surface area contributed by atoms with Crippen molar-refractivity contribution in [1.29, 1.82) is 0 Å². The van der Waals surface area contributed by atoms with Gasteiger partial charge in [0.1, 0.15) is 0 Å². The van der Waals surface area contributed by atoms with E-state index in [2.05, 4.69) is 6.92 Å². The summed E-state index contributed by atoms with van der Waals surface area (Å²) in [5, 5.41) is 0. The lowest BCUT2D eigenvalue weighted by Crippen LogP contribution is -2.62. The summed E-state index contributed by atoms with van der Waals surface area (Å²) in [5.74, 6) is 0.424. The third-order valence-corrected chi connectivity index (χ3v) is 9.28. The summed E-state index contributed by atoms with van der Waals surface area (Å²) < 4.78 is 25.3. The first kappa shape index (κ1) is 18.1. The number of rotatable bonds is 0. The van der Waals surface area contributed by atoms with E-state index in [1.807, 2.05) is 6.08 Å². The lowest BCUT2D eigenvalue weighted by molar-refractivity contribution is -0.314. The molecule has 0 aromatic heterocycles. The van der Waals surface area contributed by atoms with Gasteiger partial charge >= 0.3 is 0 Å². The van der Waals surface area contributed by atoms with E-state index < -0.39 is 5.79 Å². The van der Waals surface area contributed by atoms with E-state index in [0.717, 1.165) is 32.1 Å². The summed E-state index contributed by atoms with van der Waals surface area (Å²) in [4.78, 5) is 13.5. The summed E-state index contributed by atoms with van der Waals surface area (Å²) >= 11 is 0. The number of hydrogen-bond acceptors (Lipinski definition) is 5. The molecule has 2 saturated heterocycles.